The largest absolute Gasteiger partial charge is 0.488 e. The van der Waals surface area contributed by atoms with E-state index in [0.717, 1.165) is 11.3 Å². The van der Waals surface area contributed by atoms with Crippen molar-refractivity contribution in [3.8, 4) is 11.8 Å². The summed E-state index contributed by atoms with van der Waals surface area (Å²) in [7, 11) is 0. The van der Waals surface area contributed by atoms with E-state index < -0.39 is 0 Å². The summed E-state index contributed by atoms with van der Waals surface area (Å²) in [6.07, 6.45) is 0. The van der Waals surface area contributed by atoms with Gasteiger partial charge >= 0.3 is 0 Å². The minimum Gasteiger partial charge on any atom is -0.488 e. The molecule has 0 aliphatic carbocycles. The predicted molar refractivity (Wildman–Crippen MR) is 96.3 cm³/mol. The molecule has 3 rings (SSSR count). The maximum absolute atomic E-state index is 12.5. The first kappa shape index (κ1) is 16.3. The fraction of sp³-hybridized carbons (Fsp3) is 0.0476. The summed E-state index contributed by atoms with van der Waals surface area (Å²) in [5.74, 6) is 0.269. The Morgan fingerprint density at radius 1 is 0.960 bits per heavy atom. The number of para-hydroxylation sites is 2. The number of nitrogens with one attached hydrogen (secondary N) is 1. The van der Waals surface area contributed by atoms with Gasteiger partial charge in [0.15, 0.2) is 0 Å². The van der Waals surface area contributed by atoms with Crippen molar-refractivity contribution in [3.63, 3.8) is 0 Å². The molecule has 0 radical (unpaired) electrons. The molecule has 0 fully saturated rings. The van der Waals surface area contributed by atoms with Crippen LogP contribution in [0.3, 0.4) is 0 Å². The van der Waals surface area contributed by atoms with Gasteiger partial charge in [-0.25, -0.2) is 0 Å². The van der Waals surface area contributed by atoms with E-state index in [1.54, 1.807) is 30.3 Å². The van der Waals surface area contributed by atoms with Crippen LogP contribution in [0.4, 0.5) is 5.69 Å². The molecule has 0 aliphatic heterocycles. The second kappa shape index (κ2) is 7.80. The second-order valence-electron chi connectivity index (χ2n) is 5.42. The van der Waals surface area contributed by atoms with Gasteiger partial charge in [0.05, 0.1) is 17.2 Å². The van der Waals surface area contributed by atoms with Crippen LogP contribution in [-0.2, 0) is 6.61 Å². The molecule has 1 N–H and O–H groups in total. The van der Waals surface area contributed by atoms with Gasteiger partial charge in [0.1, 0.15) is 12.4 Å². The minimum atomic E-state index is -0.229. The Kier molecular flexibility index (Phi) is 5.08. The molecule has 4 heteroatoms. The van der Waals surface area contributed by atoms with Gasteiger partial charge in [-0.05, 0) is 42.0 Å². The van der Waals surface area contributed by atoms with E-state index in [4.69, 9.17) is 10.00 Å². The molecule has 0 spiro atoms. The highest BCUT2D eigenvalue weighted by atomic mass is 16.5. The zero-order valence-electron chi connectivity index (χ0n) is 13.5. The zero-order valence-corrected chi connectivity index (χ0v) is 13.5. The van der Waals surface area contributed by atoms with E-state index in [-0.39, 0.29) is 12.5 Å². The standard InChI is InChI=1S/C21H16N2O2/c22-14-16-7-6-8-17(13-16)15-25-20-12-5-4-11-19(20)21(24)23-18-9-2-1-3-10-18/h1-13H,15H2,(H,23,24). The summed E-state index contributed by atoms with van der Waals surface area (Å²) in [5, 5.41) is 11.8. The van der Waals surface area contributed by atoms with Crippen molar-refractivity contribution in [2.75, 3.05) is 5.32 Å². The summed E-state index contributed by atoms with van der Waals surface area (Å²) in [6, 6.07) is 25.7. The molecule has 0 aliphatic rings. The first-order chi connectivity index (χ1) is 12.3. The van der Waals surface area contributed by atoms with Crippen molar-refractivity contribution in [2.24, 2.45) is 0 Å². The summed E-state index contributed by atoms with van der Waals surface area (Å²) >= 11 is 0. The molecule has 4 nitrogen and oxygen atoms in total. The monoisotopic (exact) mass is 328 g/mol. The van der Waals surface area contributed by atoms with Crippen molar-refractivity contribution in [1.29, 1.82) is 5.26 Å². The number of rotatable bonds is 5. The van der Waals surface area contributed by atoms with Gasteiger partial charge in [0.25, 0.3) is 5.91 Å². The molecule has 0 saturated heterocycles. The van der Waals surface area contributed by atoms with Crippen LogP contribution in [0.5, 0.6) is 5.75 Å². The van der Waals surface area contributed by atoms with Gasteiger partial charge in [0.2, 0.25) is 0 Å². The molecule has 0 heterocycles. The third-order valence-corrected chi connectivity index (χ3v) is 3.61. The molecule has 0 saturated carbocycles. The lowest BCUT2D eigenvalue weighted by atomic mass is 10.1. The minimum absolute atomic E-state index is 0.229. The van der Waals surface area contributed by atoms with E-state index >= 15 is 0 Å². The van der Waals surface area contributed by atoms with Gasteiger partial charge in [-0.1, -0.05) is 42.5 Å². The molecular formula is C21H16N2O2. The molecule has 1 amide bonds. The number of carbonyl (C=O) groups excluding carboxylic acids is 1. The van der Waals surface area contributed by atoms with Crippen molar-refractivity contribution in [3.05, 3.63) is 95.6 Å². The maximum atomic E-state index is 12.5. The van der Waals surface area contributed by atoms with Gasteiger partial charge < -0.3 is 10.1 Å². The molecule has 0 aromatic heterocycles. The highest BCUT2D eigenvalue weighted by Crippen LogP contribution is 2.21. The number of hydrogen-bond acceptors (Lipinski definition) is 3. The highest BCUT2D eigenvalue weighted by molar-refractivity contribution is 6.06. The molecule has 0 bridgehead atoms. The van der Waals surface area contributed by atoms with Crippen LogP contribution in [0.1, 0.15) is 21.5 Å². The molecule has 3 aromatic rings. The summed E-state index contributed by atoms with van der Waals surface area (Å²) in [4.78, 5) is 12.5. The molecular weight excluding hydrogens is 312 g/mol. The van der Waals surface area contributed by atoms with E-state index in [2.05, 4.69) is 11.4 Å². The first-order valence-corrected chi connectivity index (χ1v) is 7.83. The van der Waals surface area contributed by atoms with Crippen LogP contribution in [0.25, 0.3) is 0 Å². The Morgan fingerprint density at radius 3 is 2.52 bits per heavy atom. The van der Waals surface area contributed by atoms with E-state index in [1.165, 1.54) is 0 Å². The lowest BCUT2D eigenvalue weighted by Crippen LogP contribution is -2.13. The third-order valence-electron chi connectivity index (χ3n) is 3.61. The Hall–Kier alpha value is -3.58. The molecule has 122 valence electrons. The Bertz CT molecular complexity index is 914. The number of nitriles is 1. The maximum Gasteiger partial charge on any atom is 0.259 e. The van der Waals surface area contributed by atoms with Gasteiger partial charge in [0, 0.05) is 5.69 Å². The van der Waals surface area contributed by atoms with Gasteiger partial charge in [-0.2, -0.15) is 5.26 Å². The topological polar surface area (TPSA) is 62.1 Å². The summed E-state index contributed by atoms with van der Waals surface area (Å²) < 4.78 is 5.81. The predicted octanol–water partition coefficient (Wildman–Crippen LogP) is 4.39. The number of ether oxygens (including phenoxy) is 1. The van der Waals surface area contributed by atoms with Crippen LogP contribution in [0.15, 0.2) is 78.9 Å². The van der Waals surface area contributed by atoms with Crippen molar-refractivity contribution in [1.82, 2.24) is 0 Å². The lowest BCUT2D eigenvalue weighted by Gasteiger charge is -2.12. The SMILES string of the molecule is N#Cc1cccc(COc2ccccc2C(=O)Nc2ccccc2)c1. The van der Waals surface area contributed by atoms with Crippen LogP contribution in [-0.4, -0.2) is 5.91 Å². The number of benzene rings is 3. The van der Waals surface area contributed by atoms with E-state index in [9.17, 15) is 4.79 Å². The Labute approximate surface area is 146 Å². The Morgan fingerprint density at radius 2 is 1.72 bits per heavy atom. The van der Waals surface area contributed by atoms with Crippen LogP contribution in [0.2, 0.25) is 0 Å². The smallest absolute Gasteiger partial charge is 0.259 e. The summed E-state index contributed by atoms with van der Waals surface area (Å²) in [5.41, 5.74) is 2.64. The lowest BCUT2D eigenvalue weighted by molar-refractivity contribution is 0.102. The van der Waals surface area contributed by atoms with Gasteiger partial charge in [-0.15, -0.1) is 0 Å². The van der Waals surface area contributed by atoms with E-state index in [0.29, 0.717) is 16.9 Å². The van der Waals surface area contributed by atoms with Crippen molar-refractivity contribution >= 4 is 11.6 Å². The Balaban J connectivity index is 1.74. The zero-order chi connectivity index (χ0) is 17.5. The van der Waals surface area contributed by atoms with Crippen LogP contribution >= 0.6 is 0 Å². The van der Waals surface area contributed by atoms with Crippen molar-refractivity contribution in [2.45, 2.75) is 6.61 Å². The summed E-state index contributed by atoms with van der Waals surface area (Å²) in [6.45, 7) is 0.283. The highest BCUT2D eigenvalue weighted by Gasteiger charge is 2.12. The van der Waals surface area contributed by atoms with Crippen LogP contribution in [0, 0.1) is 11.3 Å². The van der Waals surface area contributed by atoms with Crippen molar-refractivity contribution < 1.29 is 9.53 Å². The average Bonchev–Trinajstić information content (AvgIpc) is 2.67. The fourth-order valence-corrected chi connectivity index (χ4v) is 2.39. The second-order valence-corrected chi connectivity index (χ2v) is 5.42. The molecule has 25 heavy (non-hydrogen) atoms. The normalized spacial score (nSPS) is 9.88. The number of amides is 1. The van der Waals surface area contributed by atoms with Crippen LogP contribution < -0.4 is 10.1 Å². The molecule has 0 atom stereocenters. The number of nitrogens with zero attached hydrogens (tertiary/aromatic N) is 1. The number of carbonyl (C=O) groups is 1. The number of hydrogen-bond donors (Lipinski definition) is 1. The molecule has 3 aromatic carbocycles. The molecule has 0 unspecified atom stereocenters. The van der Waals surface area contributed by atoms with E-state index in [1.807, 2.05) is 48.5 Å². The third kappa shape index (κ3) is 4.24. The number of anilines is 1. The fourth-order valence-electron chi connectivity index (χ4n) is 2.39. The quantitative estimate of drug-likeness (QED) is 0.755. The first-order valence-electron chi connectivity index (χ1n) is 7.83. The average molecular weight is 328 g/mol. The van der Waals surface area contributed by atoms with Gasteiger partial charge in [-0.3, -0.25) is 4.79 Å².